The summed E-state index contributed by atoms with van der Waals surface area (Å²) >= 11 is 3.80. The lowest BCUT2D eigenvalue weighted by molar-refractivity contribution is 0.0953. The average Bonchev–Trinajstić information content (AvgIpc) is 2.59. The van der Waals surface area contributed by atoms with Gasteiger partial charge in [0.25, 0.3) is 5.91 Å². The molecular weight excluding hydrogens is 311 g/mol. The van der Waals surface area contributed by atoms with Gasteiger partial charge in [-0.05, 0) is 48.7 Å². The number of carbonyl (C=O) groups excluding carboxylic acids is 1. The number of rotatable bonds is 5. The summed E-state index contributed by atoms with van der Waals surface area (Å²) in [4.78, 5) is 11.5. The third-order valence-corrected chi connectivity index (χ3v) is 3.51. The molecule has 0 aliphatic heterocycles. The Kier molecular flexibility index (Phi) is 5.42. The molecule has 0 spiro atoms. The maximum atomic E-state index is 11.5. The Balaban J connectivity index is 2.29. The highest BCUT2D eigenvalue weighted by molar-refractivity contribution is 14.1. The molecule has 0 unspecified atom stereocenters. The predicted octanol–water partition coefficient (Wildman–Crippen LogP) is 1.69. The van der Waals surface area contributed by atoms with Gasteiger partial charge in [-0.3, -0.25) is 4.79 Å². The Labute approximate surface area is 101 Å². The number of hydrogen-bond donors (Lipinski definition) is 2. The highest BCUT2D eigenvalue weighted by Crippen LogP contribution is 2.16. The molecule has 0 aromatic carbocycles. The highest BCUT2D eigenvalue weighted by atomic mass is 127. The van der Waals surface area contributed by atoms with E-state index in [-0.39, 0.29) is 5.91 Å². The number of amides is 1. The Hall–Kier alpha value is -0.140. The van der Waals surface area contributed by atoms with Gasteiger partial charge in [0.1, 0.15) is 0 Å². The summed E-state index contributed by atoms with van der Waals surface area (Å²) in [6, 6.07) is 1.90. The first-order valence-electron chi connectivity index (χ1n) is 4.41. The minimum atomic E-state index is 0.0280. The average molecular weight is 324 g/mol. The molecule has 1 heterocycles. The van der Waals surface area contributed by atoms with E-state index in [1.54, 1.807) is 11.3 Å². The molecule has 0 bridgehead atoms. The molecule has 0 aliphatic rings. The predicted molar refractivity (Wildman–Crippen MR) is 67.9 cm³/mol. The summed E-state index contributed by atoms with van der Waals surface area (Å²) in [7, 11) is 1.91. The summed E-state index contributed by atoms with van der Waals surface area (Å²) in [6.45, 7) is 1.66. The van der Waals surface area contributed by atoms with Crippen LogP contribution in [-0.4, -0.2) is 26.0 Å². The number of hydrogen-bond acceptors (Lipinski definition) is 3. The fourth-order valence-electron chi connectivity index (χ4n) is 0.998. The van der Waals surface area contributed by atoms with Gasteiger partial charge in [-0.1, -0.05) is 0 Å². The van der Waals surface area contributed by atoms with Crippen molar-refractivity contribution in [2.45, 2.75) is 6.42 Å². The molecule has 0 radical (unpaired) electrons. The van der Waals surface area contributed by atoms with Crippen molar-refractivity contribution in [3.05, 3.63) is 19.9 Å². The van der Waals surface area contributed by atoms with Crippen molar-refractivity contribution in [3.63, 3.8) is 0 Å². The van der Waals surface area contributed by atoms with Crippen molar-refractivity contribution in [1.29, 1.82) is 0 Å². The van der Waals surface area contributed by atoms with Gasteiger partial charge < -0.3 is 10.6 Å². The molecule has 0 fully saturated rings. The van der Waals surface area contributed by atoms with Gasteiger partial charge in [-0.15, -0.1) is 11.3 Å². The number of halogens is 1. The zero-order valence-electron chi connectivity index (χ0n) is 7.97. The molecule has 0 aliphatic carbocycles. The fraction of sp³-hybridized carbons (Fsp3) is 0.444. The van der Waals surface area contributed by atoms with Crippen LogP contribution < -0.4 is 10.6 Å². The van der Waals surface area contributed by atoms with E-state index in [4.69, 9.17) is 0 Å². The molecular formula is C9H13IN2OS. The maximum absolute atomic E-state index is 11.5. The molecule has 1 aromatic heterocycles. The zero-order valence-corrected chi connectivity index (χ0v) is 10.9. The molecule has 2 N–H and O–H groups in total. The van der Waals surface area contributed by atoms with Crippen LogP contribution in [0.3, 0.4) is 0 Å². The van der Waals surface area contributed by atoms with Gasteiger partial charge >= 0.3 is 0 Å². The molecule has 1 rings (SSSR count). The third-order valence-electron chi connectivity index (χ3n) is 1.72. The number of carbonyl (C=O) groups is 1. The Morgan fingerprint density at radius 2 is 2.36 bits per heavy atom. The van der Waals surface area contributed by atoms with E-state index in [9.17, 15) is 4.79 Å². The largest absolute Gasteiger partial charge is 0.352 e. The minimum absolute atomic E-state index is 0.0280. The maximum Gasteiger partial charge on any atom is 0.252 e. The van der Waals surface area contributed by atoms with Crippen LogP contribution in [0.25, 0.3) is 0 Å². The van der Waals surface area contributed by atoms with Crippen LogP contribution in [0.5, 0.6) is 0 Å². The molecule has 0 saturated heterocycles. The molecule has 14 heavy (non-hydrogen) atoms. The lowest BCUT2D eigenvalue weighted by atomic mass is 10.3. The first-order chi connectivity index (χ1) is 6.74. The summed E-state index contributed by atoms with van der Waals surface area (Å²) in [5.74, 6) is 0.0280. The normalized spacial score (nSPS) is 10.1. The van der Waals surface area contributed by atoms with Gasteiger partial charge in [0.2, 0.25) is 0 Å². The van der Waals surface area contributed by atoms with Crippen molar-refractivity contribution in [2.75, 3.05) is 20.1 Å². The van der Waals surface area contributed by atoms with E-state index in [0.29, 0.717) is 0 Å². The Morgan fingerprint density at radius 1 is 1.57 bits per heavy atom. The van der Waals surface area contributed by atoms with Gasteiger partial charge in [0.15, 0.2) is 0 Å². The molecule has 0 saturated carbocycles. The van der Waals surface area contributed by atoms with Crippen molar-refractivity contribution in [3.8, 4) is 0 Å². The smallest absolute Gasteiger partial charge is 0.252 e. The zero-order chi connectivity index (χ0) is 10.4. The van der Waals surface area contributed by atoms with Crippen LogP contribution in [0.4, 0.5) is 0 Å². The monoisotopic (exact) mass is 324 g/mol. The highest BCUT2D eigenvalue weighted by Gasteiger charge is 2.06. The van der Waals surface area contributed by atoms with E-state index >= 15 is 0 Å². The molecule has 1 amide bonds. The van der Waals surface area contributed by atoms with E-state index in [0.717, 1.165) is 28.0 Å². The van der Waals surface area contributed by atoms with Crippen LogP contribution in [0.2, 0.25) is 0 Å². The van der Waals surface area contributed by atoms with Crippen LogP contribution in [0.15, 0.2) is 11.4 Å². The topological polar surface area (TPSA) is 41.1 Å². The second-order valence-electron chi connectivity index (χ2n) is 2.85. The van der Waals surface area contributed by atoms with Crippen molar-refractivity contribution >= 4 is 39.8 Å². The van der Waals surface area contributed by atoms with E-state index in [2.05, 4.69) is 33.2 Å². The molecule has 3 nitrogen and oxygen atoms in total. The van der Waals surface area contributed by atoms with Gasteiger partial charge in [0, 0.05) is 11.9 Å². The lowest BCUT2D eigenvalue weighted by Gasteiger charge is -2.02. The van der Waals surface area contributed by atoms with Crippen molar-refractivity contribution in [2.24, 2.45) is 0 Å². The fourth-order valence-corrected chi connectivity index (χ4v) is 2.32. The first-order valence-corrected chi connectivity index (χ1v) is 6.36. The molecule has 78 valence electrons. The summed E-state index contributed by atoms with van der Waals surface area (Å²) in [5, 5.41) is 7.79. The number of nitrogens with one attached hydrogen (secondary N) is 2. The van der Waals surface area contributed by atoms with Gasteiger partial charge in [0.05, 0.1) is 8.45 Å². The van der Waals surface area contributed by atoms with Crippen LogP contribution in [0.1, 0.15) is 16.8 Å². The van der Waals surface area contributed by atoms with E-state index < -0.39 is 0 Å². The number of thiophene rings is 1. The second-order valence-corrected chi connectivity index (χ2v) is 5.66. The molecule has 0 atom stereocenters. The minimum Gasteiger partial charge on any atom is -0.352 e. The Morgan fingerprint density at radius 3 is 2.93 bits per heavy atom. The van der Waals surface area contributed by atoms with E-state index in [1.165, 1.54) is 0 Å². The first kappa shape index (κ1) is 11.9. The quantitative estimate of drug-likeness (QED) is 0.639. The third kappa shape index (κ3) is 3.93. The lowest BCUT2D eigenvalue weighted by Crippen LogP contribution is -2.26. The summed E-state index contributed by atoms with van der Waals surface area (Å²) in [5.41, 5.74) is 0.767. The van der Waals surface area contributed by atoms with E-state index in [1.807, 2.05) is 18.5 Å². The Bertz CT molecular complexity index is 301. The van der Waals surface area contributed by atoms with Crippen LogP contribution in [-0.2, 0) is 0 Å². The van der Waals surface area contributed by atoms with Crippen LogP contribution in [0, 0.1) is 2.88 Å². The second kappa shape index (κ2) is 6.36. The molecule has 1 aromatic rings. The summed E-state index contributed by atoms with van der Waals surface area (Å²) in [6.07, 6.45) is 0.962. The standard InChI is InChI=1S/C9H13IN2OS/c1-11-3-2-4-12-9(13)7-5-8(10)14-6-7/h5-6,11H,2-4H2,1H3,(H,12,13). The van der Waals surface area contributed by atoms with Gasteiger partial charge in [-0.2, -0.15) is 0 Å². The van der Waals surface area contributed by atoms with Crippen molar-refractivity contribution in [1.82, 2.24) is 10.6 Å². The molecule has 5 heteroatoms. The SMILES string of the molecule is CNCCCNC(=O)c1csc(I)c1. The van der Waals surface area contributed by atoms with Gasteiger partial charge in [-0.25, -0.2) is 0 Å². The van der Waals surface area contributed by atoms with Crippen LogP contribution >= 0.6 is 33.9 Å². The van der Waals surface area contributed by atoms with Crippen molar-refractivity contribution < 1.29 is 4.79 Å². The summed E-state index contributed by atoms with van der Waals surface area (Å²) < 4.78 is 1.14.